The van der Waals surface area contributed by atoms with Crippen molar-refractivity contribution in [3.05, 3.63) is 47.5 Å². The maximum Gasteiger partial charge on any atom is 0.307 e. The van der Waals surface area contributed by atoms with Gasteiger partial charge in [-0.1, -0.05) is 12.1 Å². The van der Waals surface area contributed by atoms with Crippen molar-refractivity contribution >= 4 is 22.3 Å². The number of aliphatic carboxylic acids is 1. The molecule has 0 spiro atoms. The standard InChI is InChI=1S/C20H23NO8S/c1-21-30(25,26)17-5-3-4-15(11-17)18-9-14(10-19(23)24)8-16(12-22)20(18)29-13-28-7-6-27-2/h3-5,8-9,11-12,21H,6-7,10,13H2,1-2H3,(H,23,24). The van der Waals surface area contributed by atoms with Crippen LogP contribution in [0.3, 0.4) is 0 Å². The summed E-state index contributed by atoms with van der Waals surface area (Å²) in [7, 11) is -0.881. The van der Waals surface area contributed by atoms with E-state index in [1.807, 2.05) is 0 Å². The van der Waals surface area contributed by atoms with Gasteiger partial charge in [0.15, 0.2) is 13.1 Å². The van der Waals surface area contributed by atoms with E-state index < -0.39 is 16.0 Å². The number of hydrogen-bond donors (Lipinski definition) is 2. The molecule has 0 unspecified atom stereocenters. The van der Waals surface area contributed by atoms with Gasteiger partial charge < -0.3 is 19.3 Å². The van der Waals surface area contributed by atoms with Crippen molar-refractivity contribution < 1.29 is 37.3 Å². The third kappa shape index (κ3) is 6.10. The van der Waals surface area contributed by atoms with Crippen LogP contribution in [0.2, 0.25) is 0 Å². The van der Waals surface area contributed by atoms with Crippen LogP contribution in [0, 0.1) is 0 Å². The highest BCUT2D eigenvalue weighted by Gasteiger charge is 2.18. The van der Waals surface area contributed by atoms with Gasteiger partial charge in [0.05, 0.1) is 30.1 Å². The Balaban J connectivity index is 2.55. The minimum absolute atomic E-state index is 0.0149. The van der Waals surface area contributed by atoms with Gasteiger partial charge in [-0.15, -0.1) is 0 Å². The first-order valence-corrected chi connectivity index (χ1v) is 10.4. The highest BCUT2D eigenvalue weighted by Crippen LogP contribution is 2.35. The lowest BCUT2D eigenvalue weighted by Gasteiger charge is -2.16. The summed E-state index contributed by atoms with van der Waals surface area (Å²) in [6.07, 6.45) is 0.237. The number of rotatable bonds is 12. The first-order chi connectivity index (χ1) is 14.3. The summed E-state index contributed by atoms with van der Waals surface area (Å²) in [6, 6.07) is 9.00. The third-order valence-electron chi connectivity index (χ3n) is 4.10. The van der Waals surface area contributed by atoms with Crippen molar-refractivity contribution in [3.63, 3.8) is 0 Å². The maximum atomic E-state index is 12.2. The Bertz CT molecular complexity index is 1000. The molecule has 9 nitrogen and oxygen atoms in total. The lowest BCUT2D eigenvalue weighted by atomic mass is 9.97. The van der Waals surface area contributed by atoms with Gasteiger partial charge in [0.2, 0.25) is 10.0 Å². The van der Waals surface area contributed by atoms with Crippen LogP contribution in [0.15, 0.2) is 41.3 Å². The quantitative estimate of drug-likeness (QED) is 0.292. The van der Waals surface area contributed by atoms with Gasteiger partial charge in [-0.2, -0.15) is 0 Å². The largest absolute Gasteiger partial charge is 0.481 e. The highest BCUT2D eigenvalue weighted by molar-refractivity contribution is 7.89. The van der Waals surface area contributed by atoms with E-state index in [2.05, 4.69) is 4.72 Å². The Labute approximate surface area is 174 Å². The second kappa shape index (κ2) is 10.8. The summed E-state index contributed by atoms with van der Waals surface area (Å²) >= 11 is 0. The summed E-state index contributed by atoms with van der Waals surface area (Å²) in [6.45, 7) is 0.456. The van der Waals surface area contributed by atoms with E-state index in [-0.39, 0.29) is 36.0 Å². The summed E-state index contributed by atoms with van der Waals surface area (Å²) in [5.41, 5.74) is 1.31. The molecular weight excluding hydrogens is 414 g/mol. The van der Waals surface area contributed by atoms with Crippen LogP contribution < -0.4 is 9.46 Å². The first-order valence-electron chi connectivity index (χ1n) is 8.89. The Morgan fingerprint density at radius 3 is 2.60 bits per heavy atom. The number of carboxylic acid groups (broad SMARTS) is 1. The lowest BCUT2D eigenvalue weighted by Crippen LogP contribution is -2.18. The lowest BCUT2D eigenvalue weighted by molar-refractivity contribution is -0.136. The van der Waals surface area contributed by atoms with Crippen molar-refractivity contribution in [2.75, 3.05) is 34.2 Å². The summed E-state index contributed by atoms with van der Waals surface area (Å²) in [5.74, 6) is -0.906. The molecule has 0 bridgehead atoms. The second-order valence-corrected chi connectivity index (χ2v) is 8.04. The normalized spacial score (nSPS) is 11.3. The monoisotopic (exact) mass is 437 g/mol. The minimum Gasteiger partial charge on any atom is -0.481 e. The average Bonchev–Trinajstić information content (AvgIpc) is 2.73. The van der Waals surface area contributed by atoms with Crippen LogP contribution in [0.25, 0.3) is 11.1 Å². The van der Waals surface area contributed by atoms with Crippen molar-refractivity contribution in [2.45, 2.75) is 11.3 Å². The highest BCUT2D eigenvalue weighted by atomic mass is 32.2. The topological polar surface area (TPSA) is 128 Å². The zero-order valence-corrected chi connectivity index (χ0v) is 17.4. The number of carboxylic acids is 1. The second-order valence-electron chi connectivity index (χ2n) is 6.15. The molecule has 30 heavy (non-hydrogen) atoms. The number of carbonyl (C=O) groups excluding carboxylic acids is 1. The molecule has 2 aromatic rings. The Morgan fingerprint density at radius 2 is 1.97 bits per heavy atom. The molecule has 0 aliphatic rings. The molecule has 0 atom stereocenters. The van der Waals surface area contributed by atoms with Gasteiger partial charge in [-0.05, 0) is 42.4 Å². The van der Waals surface area contributed by atoms with Crippen LogP contribution >= 0.6 is 0 Å². The van der Waals surface area contributed by atoms with Gasteiger partial charge in [-0.3, -0.25) is 9.59 Å². The number of methoxy groups -OCH3 is 1. The Morgan fingerprint density at radius 1 is 1.20 bits per heavy atom. The van der Waals surface area contributed by atoms with Crippen molar-refractivity contribution in [2.24, 2.45) is 0 Å². The number of aldehydes is 1. The van der Waals surface area contributed by atoms with Crippen molar-refractivity contribution in [1.82, 2.24) is 4.72 Å². The van der Waals surface area contributed by atoms with E-state index in [0.717, 1.165) is 0 Å². The Hall–Kier alpha value is -2.79. The number of ether oxygens (including phenoxy) is 3. The molecule has 0 heterocycles. The molecule has 0 aliphatic carbocycles. The molecule has 0 amide bonds. The maximum absolute atomic E-state index is 12.2. The SMILES string of the molecule is CNS(=O)(=O)c1cccc(-c2cc(CC(=O)O)cc(C=O)c2OCOCCOC)c1. The number of hydrogen-bond acceptors (Lipinski definition) is 7. The zero-order chi connectivity index (χ0) is 22.1. The number of benzene rings is 2. The number of carbonyl (C=O) groups is 2. The molecule has 0 saturated carbocycles. The van der Waals surface area contributed by atoms with Crippen molar-refractivity contribution in [1.29, 1.82) is 0 Å². The van der Waals surface area contributed by atoms with Gasteiger partial charge in [0, 0.05) is 12.7 Å². The predicted molar refractivity (Wildman–Crippen MR) is 108 cm³/mol. The van der Waals surface area contributed by atoms with Crippen LogP contribution in [-0.2, 0) is 30.7 Å². The van der Waals surface area contributed by atoms with Gasteiger partial charge in [0.25, 0.3) is 0 Å². The van der Waals surface area contributed by atoms with Crippen molar-refractivity contribution in [3.8, 4) is 16.9 Å². The molecule has 0 radical (unpaired) electrons. The van der Waals surface area contributed by atoms with E-state index in [0.29, 0.717) is 29.6 Å². The summed E-state index contributed by atoms with van der Waals surface area (Å²) < 4.78 is 42.4. The number of sulfonamides is 1. The first kappa shape index (κ1) is 23.5. The zero-order valence-electron chi connectivity index (χ0n) is 16.6. The summed E-state index contributed by atoms with van der Waals surface area (Å²) in [5, 5.41) is 9.13. The molecular formula is C20H23NO8S. The van der Waals surface area contributed by atoms with Crippen LogP contribution in [0.4, 0.5) is 0 Å². The molecule has 162 valence electrons. The Kier molecular flexibility index (Phi) is 8.48. The molecule has 2 aromatic carbocycles. The molecule has 2 N–H and O–H groups in total. The van der Waals surface area contributed by atoms with Gasteiger partial charge >= 0.3 is 5.97 Å². The van der Waals surface area contributed by atoms with E-state index in [1.165, 1.54) is 32.4 Å². The fraction of sp³-hybridized carbons (Fsp3) is 0.300. The molecule has 0 saturated heterocycles. The molecule has 0 fully saturated rings. The van der Waals surface area contributed by atoms with E-state index in [9.17, 15) is 18.0 Å². The van der Waals surface area contributed by atoms with E-state index in [4.69, 9.17) is 19.3 Å². The van der Waals surface area contributed by atoms with Gasteiger partial charge in [-0.25, -0.2) is 13.1 Å². The fourth-order valence-corrected chi connectivity index (χ4v) is 3.48. The molecule has 2 rings (SSSR count). The smallest absolute Gasteiger partial charge is 0.307 e. The molecule has 0 aliphatic heterocycles. The molecule has 0 aromatic heterocycles. The third-order valence-corrected chi connectivity index (χ3v) is 5.51. The predicted octanol–water partition coefficient (Wildman–Crippen LogP) is 1.70. The fourth-order valence-electron chi connectivity index (χ4n) is 2.70. The van der Waals surface area contributed by atoms with Crippen LogP contribution in [0.5, 0.6) is 5.75 Å². The van der Waals surface area contributed by atoms with E-state index >= 15 is 0 Å². The summed E-state index contributed by atoms with van der Waals surface area (Å²) in [4.78, 5) is 22.8. The number of nitrogens with one attached hydrogen (secondary N) is 1. The van der Waals surface area contributed by atoms with Crippen LogP contribution in [-0.4, -0.2) is 59.9 Å². The molecule has 10 heteroatoms. The van der Waals surface area contributed by atoms with Gasteiger partial charge in [0.1, 0.15) is 5.75 Å². The average molecular weight is 437 g/mol. The minimum atomic E-state index is -3.71. The van der Waals surface area contributed by atoms with E-state index in [1.54, 1.807) is 18.2 Å². The van der Waals surface area contributed by atoms with Crippen LogP contribution in [0.1, 0.15) is 15.9 Å².